The highest BCUT2D eigenvalue weighted by Crippen LogP contribution is 2.19. The minimum Gasteiger partial charge on any atom is -0.497 e. The van der Waals surface area contributed by atoms with Crippen LogP contribution in [0.5, 0.6) is 5.75 Å². The highest BCUT2D eigenvalue weighted by atomic mass is 32.1. The molecule has 132 valence electrons. The molecule has 2 aromatic rings. The van der Waals surface area contributed by atoms with E-state index in [4.69, 9.17) is 17.0 Å². The fourth-order valence-electron chi connectivity index (χ4n) is 2.70. The minimum atomic E-state index is -0.255. The minimum absolute atomic E-state index is 0.255. The second-order valence-corrected chi connectivity index (χ2v) is 6.36. The molecule has 25 heavy (non-hydrogen) atoms. The third-order valence-corrected chi connectivity index (χ3v) is 4.35. The Morgan fingerprint density at radius 2 is 2.12 bits per heavy atom. The number of nitrogens with one attached hydrogen (secondary N) is 2. The predicted molar refractivity (Wildman–Crippen MR) is 103 cm³/mol. The summed E-state index contributed by atoms with van der Waals surface area (Å²) in [7, 11) is 1.65. The Morgan fingerprint density at radius 3 is 2.72 bits per heavy atom. The largest absolute Gasteiger partial charge is 0.497 e. The van der Waals surface area contributed by atoms with Gasteiger partial charge in [0.2, 0.25) is 0 Å². The Labute approximate surface area is 152 Å². The van der Waals surface area contributed by atoms with Crippen molar-refractivity contribution in [3.8, 4) is 5.75 Å². The van der Waals surface area contributed by atoms with Gasteiger partial charge >= 0.3 is 0 Å². The maximum atomic E-state index is 9.60. The van der Waals surface area contributed by atoms with Crippen LogP contribution in [0.2, 0.25) is 0 Å². The summed E-state index contributed by atoms with van der Waals surface area (Å²) in [6.07, 6.45) is 2.29. The van der Waals surface area contributed by atoms with Crippen LogP contribution in [0.1, 0.15) is 12.0 Å². The van der Waals surface area contributed by atoms with E-state index in [0.717, 1.165) is 35.8 Å². The average molecular weight is 358 g/mol. The molecule has 2 heterocycles. The number of aromatic nitrogens is 1. The van der Waals surface area contributed by atoms with E-state index in [-0.39, 0.29) is 6.10 Å². The van der Waals surface area contributed by atoms with Crippen LogP contribution in [0.4, 0.5) is 11.5 Å². The standard InChI is InChI=1S/C18H22N4O2S/c1-24-16-5-2-13(3-6-16)10-20-18(25)21-14-4-7-17(19-11-14)22-9-8-15(23)12-22/h2-7,11,15,23H,8-10,12H2,1H3,(H2,20,21,25)/t15-/m0/s1. The third kappa shape index (κ3) is 4.80. The van der Waals surface area contributed by atoms with Crippen LogP contribution in [0, 0.1) is 0 Å². The summed E-state index contributed by atoms with van der Waals surface area (Å²) in [5.74, 6) is 1.71. The highest BCUT2D eigenvalue weighted by Gasteiger charge is 2.20. The normalized spacial score (nSPS) is 16.6. The molecule has 0 spiro atoms. The Kier molecular flexibility index (Phi) is 5.67. The summed E-state index contributed by atoms with van der Waals surface area (Å²) in [4.78, 5) is 6.51. The zero-order valence-corrected chi connectivity index (χ0v) is 14.9. The molecule has 1 atom stereocenters. The van der Waals surface area contributed by atoms with Crippen LogP contribution in [0.3, 0.4) is 0 Å². The van der Waals surface area contributed by atoms with Crippen molar-refractivity contribution in [3.63, 3.8) is 0 Å². The van der Waals surface area contributed by atoms with Crippen molar-refractivity contribution < 1.29 is 9.84 Å². The van der Waals surface area contributed by atoms with Crippen LogP contribution in [-0.4, -0.2) is 41.5 Å². The van der Waals surface area contributed by atoms with Crippen LogP contribution in [0.25, 0.3) is 0 Å². The molecule has 1 aromatic heterocycles. The lowest BCUT2D eigenvalue weighted by molar-refractivity contribution is 0.198. The molecular weight excluding hydrogens is 336 g/mol. The second kappa shape index (κ2) is 8.13. The number of nitrogens with zero attached hydrogens (tertiary/aromatic N) is 2. The summed E-state index contributed by atoms with van der Waals surface area (Å²) in [6.45, 7) is 2.11. The van der Waals surface area contributed by atoms with Gasteiger partial charge in [0.1, 0.15) is 11.6 Å². The summed E-state index contributed by atoms with van der Waals surface area (Å²) in [5.41, 5.74) is 1.95. The number of rotatable bonds is 5. The quantitative estimate of drug-likeness (QED) is 0.708. The van der Waals surface area contributed by atoms with E-state index in [0.29, 0.717) is 18.2 Å². The zero-order valence-electron chi connectivity index (χ0n) is 14.1. The Morgan fingerprint density at radius 1 is 1.32 bits per heavy atom. The van der Waals surface area contributed by atoms with E-state index in [1.165, 1.54) is 0 Å². The third-order valence-electron chi connectivity index (χ3n) is 4.11. The molecule has 0 amide bonds. The Bertz CT molecular complexity index is 706. The van der Waals surface area contributed by atoms with E-state index in [1.807, 2.05) is 36.4 Å². The number of β-amino-alcohol motifs (C(OH)–C–C–N with tert-alkyl or cyclic N) is 1. The van der Waals surface area contributed by atoms with Crippen LogP contribution < -0.4 is 20.3 Å². The molecule has 1 aliphatic rings. The lowest BCUT2D eigenvalue weighted by atomic mass is 10.2. The summed E-state index contributed by atoms with van der Waals surface area (Å²) >= 11 is 5.32. The number of pyridine rings is 1. The van der Waals surface area contributed by atoms with E-state index >= 15 is 0 Å². The number of aliphatic hydroxyl groups is 1. The van der Waals surface area contributed by atoms with Crippen molar-refractivity contribution >= 4 is 28.8 Å². The molecule has 0 radical (unpaired) electrons. The Hall–Kier alpha value is -2.38. The lowest BCUT2D eigenvalue weighted by Crippen LogP contribution is -2.28. The van der Waals surface area contributed by atoms with Gasteiger partial charge < -0.3 is 25.4 Å². The van der Waals surface area contributed by atoms with Crippen LogP contribution in [-0.2, 0) is 6.54 Å². The van der Waals surface area contributed by atoms with Gasteiger partial charge in [0, 0.05) is 19.6 Å². The fourth-order valence-corrected chi connectivity index (χ4v) is 2.89. The number of methoxy groups -OCH3 is 1. The van der Waals surface area contributed by atoms with E-state index in [1.54, 1.807) is 13.3 Å². The van der Waals surface area contributed by atoms with Gasteiger partial charge in [-0.2, -0.15) is 0 Å². The van der Waals surface area contributed by atoms with Gasteiger partial charge in [0.05, 0.1) is 25.1 Å². The predicted octanol–water partition coefficient (Wildman–Crippen LogP) is 2.15. The summed E-state index contributed by atoms with van der Waals surface area (Å²) in [6, 6.07) is 11.7. The smallest absolute Gasteiger partial charge is 0.171 e. The van der Waals surface area contributed by atoms with Gasteiger partial charge in [-0.15, -0.1) is 0 Å². The molecule has 0 saturated carbocycles. The molecule has 3 N–H and O–H groups in total. The van der Waals surface area contributed by atoms with Crippen molar-refractivity contribution in [2.75, 3.05) is 30.4 Å². The molecule has 3 rings (SSSR count). The highest BCUT2D eigenvalue weighted by molar-refractivity contribution is 7.80. The van der Waals surface area contributed by atoms with Gasteiger partial charge in [-0.05, 0) is 48.5 Å². The monoisotopic (exact) mass is 358 g/mol. The van der Waals surface area contributed by atoms with Crippen molar-refractivity contribution in [1.29, 1.82) is 0 Å². The number of anilines is 2. The summed E-state index contributed by atoms with van der Waals surface area (Å²) in [5, 5.41) is 16.4. The first-order chi connectivity index (χ1) is 12.1. The SMILES string of the molecule is COc1ccc(CNC(=S)Nc2ccc(N3CC[C@H](O)C3)nc2)cc1. The number of ether oxygens (including phenoxy) is 1. The van der Waals surface area contributed by atoms with Crippen LogP contribution in [0.15, 0.2) is 42.6 Å². The number of aliphatic hydroxyl groups excluding tert-OH is 1. The lowest BCUT2D eigenvalue weighted by Gasteiger charge is -2.17. The number of hydrogen-bond acceptors (Lipinski definition) is 5. The first-order valence-electron chi connectivity index (χ1n) is 8.21. The van der Waals surface area contributed by atoms with Gasteiger partial charge in [0.25, 0.3) is 0 Å². The van der Waals surface area contributed by atoms with Gasteiger partial charge in [0.15, 0.2) is 5.11 Å². The molecule has 1 fully saturated rings. The number of hydrogen-bond donors (Lipinski definition) is 3. The first kappa shape index (κ1) is 17.4. The molecule has 1 aliphatic heterocycles. The number of thiocarbonyl (C=S) groups is 1. The molecule has 6 nitrogen and oxygen atoms in total. The second-order valence-electron chi connectivity index (χ2n) is 5.95. The molecular formula is C18H22N4O2S. The molecule has 0 bridgehead atoms. The average Bonchev–Trinajstić information content (AvgIpc) is 3.07. The van der Waals surface area contributed by atoms with E-state index in [9.17, 15) is 5.11 Å². The topological polar surface area (TPSA) is 69.7 Å². The van der Waals surface area contributed by atoms with E-state index < -0.39 is 0 Å². The van der Waals surface area contributed by atoms with Crippen molar-refractivity contribution in [2.45, 2.75) is 19.1 Å². The van der Waals surface area contributed by atoms with Gasteiger partial charge in [-0.1, -0.05) is 12.1 Å². The van der Waals surface area contributed by atoms with E-state index in [2.05, 4.69) is 20.5 Å². The molecule has 0 unspecified atom stereocenters. The summed E-state index contributed by atoms with van der Waals surface area (Å²) < 4.78 is 5.14. The number of benzene rings is 1. The van der Waals surface area contributed by atoms with Gasteiger partial charge in [-0.25, -0.2) is 4.98 Å². The fraction of sp³-hybridized carbons (Fsp3) is 0.333. The van der Waals surface area contributed by atoms with Crippen molar-refractivity contribution in [3.05, 3.63) is 48.2 Å². The molecule has 0 aliphatic carbocycles. The maximum absolute atomic E-state index is 9.60. The molecule has 1 saturated heterocycles. The maximum Gasteiger partial charge on any atom is 0.171 e. The first-order valence-corrected chi connectivity index (χ1v) is 8.62. The Balaban J connectivity index is 1.48. The molecule has 7 heteroatoms. The zero-order chi connectivity index (χ0) is 17.6. The van der Waals surface area contributed by atoms with Crippen molar-refractivity contribution in [1.82, 2.24) is 10.3 Å². The molecule has 1 aromatic carbocycles. The van der Waals surface area contributed by atoms with Gasteiger partial charge in [-0.3, -0.25) is 0 Å². The van der Waals surface area contributed by atoms with Crippen LogP contribution >= 0.6 is 12.2 Å². The van der Waals surface area contributed by atoms with Crippen molar-refractivity contribution in [2.24, 2.45) is 0 Å².